The maximum atomic E-state index is 10.7. The summed E-state index contributed by atoms with van der Waals surface area (Å²) < 4.78 is 5.07. The van der Waals surface area contributed by atoms with Crippen molar-refractivity contribution in [2.24, 2.45) is 0 Å². The standard InChI is InChI=1S/C10H20O2Si/c1-8(7-13(4,5)6)9(2)12-10(3)11/h7,9H,1-6H3/b8-7+. The average Bonchev–Trinajstić information content (AvgIpc) is 1.81. The van der Waals surface area contributed by atoms with Crippen LogP contribution in [0.3, 0.4) is 0 Å². The summed E-state index contributed by atoms with van der Waals surface area (Å²) in [6.45, 7) is 12.2. The molecular weight excluding hydrogens is 180 g/mol. The van der Waals surface area contributed by atoms with Crippen LogP contribution in [0, 0.1) is 0 Å². The molecule has 13 heavy (non-hydrogen) atoms. The SMILES string of the molecule is CC(=O)OC(C)/C(C)=C/[Si](C)(C)C. The predicted octanol–water partition coefficient (Wildman–Crippen LogP) is 2.76. The maximum absolute atomic E-state index is 10.7. The molecule has 0 bridgehead atoms. The molecule has 1 atom stereocenters. The number of hydrogen-bond donors (Lipinski definition) is 0. The molecule has 0 N–H and O–H groups in total. The largest absolute Gasteiger partial charge is 0.458 e. The Morgan fingerprint density at radius 2 is 1.77 bits per heavy atom. The lowest BCUT2D eigenvalue weighted by atomic mass is 10.2. The van der Waals surface area contributed by atoms with Gasteiger partial charge in [-0.3, -0.25) is 4.79 Å². The maximum Gasteiger partial charge on any atom is 0.303 e. The predicted molar refractivity (Wildman–Crippen MR) is 58.3 cm³/mol. The van der Waals surface area contributed by atoms with Crippen LogP contribution in [0.5, 0.6) is 0 Å². The minimum absolute atomic E-state index is 0.0794. The number of hydrogen-bond acceptors (Lipinski definition) is 2. The second-order valence-corrected chi connectivity index (χ2v) is 9.53. The Hall–Kier alpha value is -0.573. The molecule has 0 spiro atoms. The summed E-state index contributed by atoms with van der Waals surface area (Å²) in [5, 5.41) is 0. The minimum atomic E-state index is -1.19. The first-order valence-corrected chi connectivity index (χ1v) is 8.16. The van der Waals surface area contributed by atoms with Crippen LogP contribution in [-0.2, 0) is 9.53 Å². The van der Waals surface area contributed by atoms with Gasteiger partial charge in [0.25, 0.3) is 0 Å². The number of rotatable bonds is 3. The van der Waals surface area contributed by atoms with Gasteiger partial charge in [-0.25, -0.2) is 0 Å². The summed E-state index contributed by atoms with van der Waals surface area (Å²) in [6, 6.07) is 0. The van der Waals surface area contributed by atoms with Crippen LogP contribution in [0.2, 0.25) is 19.6 Å². The van der Waals surface area contributed by atoms with Crippen LogP contribution in [0.25, 0.3) is 0 Å². The molecule has 0 saturated heterocycles. The van der Waals surface area contributed by atoms with Crippen molar-refractivity contribution in [2.75, 3.05) is 0 Å². The Labute approximate surface area is 82.0 Å². The summed E-state index contributed by atoms with van der Waals surface area (Å²) in [6.07, 6.45) is -0.0794. The number of ether oxygens (including phenoxy) is 1. The minimum Gasteiger partial charge on any atom is -0.458 e. The zero-order valence-electron chi connectivity index (χ0n) is 9.47. The molecule has 0 aromatic carbocycles. The normalized spacial score (nSPS) is 15.4. The first-order valence-electron chi connectivity index (χ1n) is 4.59. The van der Waals surface area contributed by atoms with Gasteiger partial charge in [-0.2, -0.15) is 0 Å². The van der Waals surface area contributed by atoms with Crippen molar-refractivity contribution in [3.8, 4) is 0 Å². The van der Waals surface area contributed by atoms with Gasteiger partial charge >= 0.3 is 5.97 Å². The summed E-state index contributed by atoms with van der Waals surface area (Å²) in [7, 11) is -1.19. The Balaban J connectivity index is 4.33. The fourth-order valence-corrected chi connectivity index (χ4v) is 2.74. The van der Waals surface area contributed by atoms with Crippen molar-refractivity contribution < 1.29 is 9.53 Å². The van der Waals surface area contributed by atoms with E-state index in [1.54, 1.807) is 0 Å². The number of carbonyl (C=O) groups excluding carboxylic acids is 1. The van der Waals surface area contributed by atoms with Gasteiger partial charge in [-0.15, -0.1) is 0 Å². The van der Waals surface area contributed by atoms with Gasteiger partial charge in [0.2, 0.25) is 0 Å². The highest BCUT2D eigenvalue weighted by Gasteiger charge is 2.13. The lowest BCUT2D eigenvalue weighted by molar-refractivity contribution is -0.143. The average molecular weight is 200 g/mol. The van der Waals surface area contributed by atoms with Crippen LogP contribution in [0.4, 0.5) is 0 Å². The van der Waals surface area contributed by atoms with E-state index in [0.717, 1.165) is 5.57 Å². The van der Waals surface area contributed by atoms with Crippen LogP contribution in [0.15, 0.2) is 11.3 Å². The molecule has 0 fully saturated rings. The van der Waals surface area contributed by atoms with Crippen LogP contribution in [-0.4, -0.2) is 20.1 Å². The third-order valence-corrected chi connectivity index (χ3v) is 2.97. The van der Waals surface area contributed by atoms with E-state index < -0.39 is 8.07 Å². The van der Waals surface area contributed by atoms with E-state index in [1.807, 2.05) is 13.8 Å². The molecule has 0 aromatic heterocycles. The van der Waals surface area contributed by atoms with Gasteiger partial charge in [-0.1, -0.05) is 25.3 Å². The topological polar surface area (TPSA) is 26.3 Å². The van der Waals surface area contributed by atoms with E-state index in [1.165, 1.54) is 6.92 Å². The smallest absolute Gasteiger partial charge is 0.303 e. The fraction of sp³-hybridized carbons (Fsp3) is 0.700. The third kappa shape index (κ3) is 6.58. The van der Waals surface area contributed by atoms with Gasteiger partial charge in [0, 0.05) is 6.92 Å². The fourth-order valence-electron chi connectivity index (χ4n) is 1.14. The van der Waals surface area contributed by atoms with Gasteiger partial charge in [0.1, 0.15) is 6.10 Å². The van der Waals surface area contributed by atoms with Crippen molar-refractivity contribution in [1.29, 1.82) is 0 Å². The highest BCUT2D eigenvalue weighted by Crippen LogP contribution is 2.12. The van der Waals surface area contributed by atoms with Gasteiger partial charge in [0.15, 0.2) is 0 Å². The van der Waals surface area contributed by atoms with Crippen molar-refractivity contribution in [3.05, 3.63) is 11.3 Å². The van der Waals surface area contributed by atoms with Crippen LogP contribution < -0.4 is 0 Å². The summed E-state index contributed by atoms with van der Waals surface area (Å²) >= 11 is 0. The molecule has 0 amide bonds. The molecule has 0 aliphatic carbocycles. The molecule has 0 radical (unpaired) electrons. The Bertz CT molecular complexity index is 213. The lowest BCUT2D eigenvalue weighted by Gasteiger charge is -2.17. The second kappa shape index (κ2) is 4.60. The quantitative estimate of drug-likeness (QED) is 0.517. The zero-order chi connectivity index (χ0) is 10.6. The summed E-state index contributed by atoms with van der Waals surface area (Å²) in [5.41, 5.74) is 3.43. The molecule has 0 rings (SSSR count). The van der Waals surface area contributed by atoms with E-state index >= 15 is 0 Å². The Morgan fingerprint density at radius 1 is 1.31 bits per heavy atom. The molecule has 0 aliphatic rings. The van der Waals surface area contributed by atoms with E-state index in [0.29, 0.717) is 0 Å². The molecular formula is C10H20O2Si. The molecule has 1 unspecified atom stereocenters. The number of carbonyl (C=O) groups is 1. The first-order chi connectivity index (χ1) is 5.72. The van der Waals surface area contributed by atoms with Gasteiger partial charge in [0.05, 0.1) is 8.07 Å². The van der Waals surface area contributed by atoms with E-state index in [-0.39, 0.29) is 12.1 Å². The van der Waals surface area contributed by atoms with E-state index in [9.17, 15) is 4.79 Å². The summed E-state index contributed by atoms with van der Waals surface area (Å²) in [4.78, 5) is 10.7. The number of esters is 1. The molecule has 2 nitrogen and oxygen atoms in total. The van der Waals surface area contributed by atoms with Gasteiger partial charge in [-0.05, 0) is 19.4 Å². The third-order valence-electron chi connectivity index (χ3n) is 1.64. The van der Waals surface area contributed by atoms with Crippen molar-refractivity contribution in [2.45, 2.75) is 46.5 Å². The Morgan fingerprint density at radius 3 is 2.08 bits per heavy atom. The molecule has 0 saturated carbocycles. The monoisotopic (exact) mass is 200 g/mol. The summed E-state index contributed by atoms with van der Waals surface area (Å²) in [5.74, 6) is -0.212. The van der Waals surface area contributed by atoms with E-state index in [4.69, 9.17) is 4.74 Å². The molecule has 0 heterocycles. The highest BCUT2D eigenvalue weighted by atomic mass is 28.3. The molecule has 0 aromatic rings. The molecule has 76 valence electrons. The van der Waals surface area contributed by atoms with Crippen molar-refractivity contribution in [3.63, 3.8) is 0 Å². The van der Waals surface area contributed by atoms with Crippen molar-refractivity contribution >= 4 is 14.0 Å². The van der Waals surface area contributed by atoms with E-state index in [2.05, 4.69) is 25.3 Å². The Kier molecular flexibility index (Phi) is 4.40. The molecule has 0 aliphatic heterocycles. The highest BCUT2D eigenvalue weighted by molar-refractivity contribution is 6.81. The lowest BCUT2D eigenvalue weighted by Crippen LogP contribution is -2.21. The van der Waals surface area contributed by atoms with Crippen LogP contribution >= 0.6 is 0 Å². The second-order valence-electron chi connectivity index (χ2n) is 4.51. The van der Waals surface area contributed by atoms with Crippen LogP contribution in [0.1, 0.15) is 20.8 Å². The first kappa shape index (κ1) is 12.4. The van der Waals surface area contributed by atoms with Gasteiger partial charge < -0.3 is 4.74 Å². The van der Waals surface area contributed by atoms with Crippen molar-refractivity contribution in [1.82, 2.24) is 0 Å². The zero-order valence-corrected chi connectivity index (χ0v) is 10.5. The molecule has 3 heteroatoms.